The van der Waals surface area contributed by atoms with Crippen LogP contribution in [0.2, 0.25) is 0 Å². The molecule has 0 N–H and O–H groups in total. The molecule has 0 spiro atoms. The smallest absolute Gasteiger partial charge is 0.229 e. The first-order chi connectivity index (χ1) is 9.25. The second-order valence-corrected chi connectivity index (χ2v) is 5.17. The third-order valence-electron chi connectivity index (χ3n) is 3.73. The number of amides is 1. The number of carbonyl (C=O) groups excluding carboxylic acids is 1. The Morgan fingerprint density at radius 3 is 2.58 bits per heavy atom. The first-order valence-electron chi connectivity index (χ1n) is 6.95. The van der Waals surface area contributed by atoms with Gasteiger partial charge >= 0.3 is 0 Å². The van der Waals surface area contributed by atoms with Crippen LogP contribution in [-0.2, 0) is 4.79 Å². The van der Waals surface area contributed by atoms with Crippen molar-refractivity contribution in [2.75, 3.05) is 24.5 Å². The lowest BCUT2D eigenvalue weighted by atomic mass is 10.1. The summed E-state index contributed by atoms with van der Waals surface area (Å²) in [5, 5.41) is 0. The van der Waals surface area contributed by atoms with Gasteiger partial charge in [-0.1, -0.05) is 17.7 Å². The van der Waals surface area contributed by atoms with E-state index in [0.717, 1.165) is 44.1 Å². The number of benzene rings is 1. The molecule has 4 nitrogen and oxygen atoms in total. The van der Waals surface area contributed by atoms with Gasteiger partial charge in [0.25, 0.3) is 0 Å². The van der Waals surface area contributed by atoms with E-state index >= 15 is 0 Å². The molecule has 0 atom stereocenters. The maximum Gasteiger partial charge on any atom is 0.229 e. The first-order valence-corrected chi connectivity index (χ1v) is 6.95. The highest BCUT2D eigenvalue weighted by Crippen LogP contribution is 2.22. The van der Waals surface area contributed by atoms with E-state index in [4.69, 9.17) is 0 Å². The van der Waals surface area contributed by atoms with E-state index in [0.29, 0.717) is 6.42 Å². The van der Waals surface area contributed by atoms with Crippen molar-refractivity contribution < 1.29 is 4.79 Å². The van der Waals surface area contributed by atoms with Crippen LogP contribution in [-0.4, -0.2) is 36.4 Å². The molecule has 1 aromatic carbocycles. The Kier molecular flexibility index (Phi) is 3.23. The van der Waals surface area contributed by atoms with E-state index in [2.05, 4.69) is 41.1 Å². The molecule has 100 valence electrons. The molecule has 0 radical (unpaired) electrons. The second kappa shape index (κ2) is 5.03. The van der Waals surface area contributed by atoms with E-state index in [1.54, 1.807) is 0 Å². The number of rotatable bonds is 1. The highest BCUT2D eigenvalue weighted by Gasteiger charge is 2.29. The standard InChI is InChI=1S/C15H19N3O/c1-12-5-7-13(8-6-12)17-11-9-16-15(17)18-10-3-2-4-14(18)19/h5-8H,2-4,9-11H2,1H3. The molecule has 0 bridgehead atoms. The van der Waals surface area contributed by atoms with E-state index in [1.165, 1.54) is 5.56 Å². The Balaban J connectivity index is 1.84. The fraction of sp³-hybridized carbons (Fsp3) is 0.467. The number of guanidine groups is 1. The molecule has 3 rings (SSSR count). The van der Waals surface area contributed by atoms with Gasteiger partial charge in [-0.05, 0) is 31.9 Å². The number of hydrogen-bond donors (Lipinski definition) is 0. The lowest BCUT2D eigenvalue weighted by Crippen LogP contribution is -2.47. The third kappa shape index (κ3) is 2.35. The lowest BCUT2D eigenvalue weighted by molar-refractivity contribution is -0.129. The highest BCUT2D eigenvalue weighted by atomic mass is 16.2. The molecule has 2 aliphatic rings. The zero-order valence-corrected chi connectivity index (χ0v) is 11.3. The summed E-state index contributed by atoms with van der Waals surface area (Å²) in [6.07, 6.45) is 2.74. The minimum absolute atomic E-state index is 0.212. The molecular formula is C15H19N3O. The number of nitrogens with zero attached hydrogens (tertiary/aromatic N) is 3. The van der Waals surface area contributed by atoms with E-state index in [1.807, 2.05) is 4.90 Å². The predicted molar refractivity (Wildman–Crippen MR) is 76.4 cm³/mol. The van der Waals surface area contributed by atoms with Crippen LogP contribution in [0, 0.1) is 6.92 Å². The van der Waals surface area contributed by atoms with Crippen molar-refractivity contribution in [1.82, 2.24) is 4.90 Å². The summed E-state index contributed by atoms with van der Waals surface area (Å²) in [6, 6.07) is 8.40. The number of anilines is 1. The molecule has 1 aromatic rings. The average Bonchev–Trinajstić information content (AvgIpc) is 2.89. The van der Waals surface area contributed by atoms with E-state index in [-0.39, 0.29) is 5.91 Å². The molecule has 0 unspecified atom stereocenters. The van der Waals surface area contributed by atoms with Crippen LogP contribution >= 0.6 is 0 Å². The fourth-order valence-corrected chi connectivity index (χ4v) is 2.65. The number of likely N-dealkylation sites (tertiary alicyclic amines) is 1. The Morgan fingerprint density at radius 1 is 1.05 bits per heavy atom. The Morgan fingerprint density at radius 2 is 1.84 bits per heavy atom. The van der Waals surface area contributed by atoms with Crippen LogP contribution < -0.4 is 4.90 Å². The summed E-state index contributed by atoms with van der Waals surface area (Å²) in [5.41, 5.74) is 2.37. The molecular weight excluding hydrogens is 238 g/mol. The Hall–Kier alpha value is -1.84. The zero-order chi connectivity index (χ0) is 13.2. The Bertz CT molecular complexity index is 507. The second-order valence-electron chi connectivity index (χ2n) is 5.17. The van der Waals surface area contributed by atoms with Crippen molar-refractivity contribution in [1.29, 1.82) is 0 Å². The van der Waals surface area contributed by atoms with Crippen LogP contribution in [0.25, 0.3) is 0 Å². The summed E-state index contributed by atoms with van der Waals surface area (Å²) in [5.74, 6) is 1.05. The molecule has 0 aliphatic carbocycles. The van der Waals surface area contributed by atoms with Crippen LogP contribution in [0.4, 0.5) is 5.69 Å². The van der Waals surface area contributed by atoms with Crippen LogP contribution in [0.3, 0.4) is 0 Å². The number of piperidine rings is 1. The highest BCUT2D eigenvalue weighted by molar-refractivity contribution is 6.06. The topological polar surface area (TPSA) is 35.9 Å². The SMILES string of the molecule is Cc1ccc(N2CCN=C2N2CCCCC2=O)cc1. The summed E-state index contributed by atoms with van der Waals surface area (Å²) < 4.78 is 0. The van der Waals surface area contributed by atoms with Crippen molar-refractivity contribution in [3.63, 3.8) is 0 Å². The van der Waals surface area contributed by atoms with Crippen molar-refractivity contribution in [2.45, 2.75) is 26.2 Å². The fourth-order valence-electron chi connectivity index (χ4n) is 2.65. The number of carbonyl (C=O) groups is 1. The van der Waals surface area contributed by atoms with E-state index < -0.39 is 0 Å². The molecule has 19 heavy (non-hydrogen) atoms. The Labute approximate surface area is 113 Å². The molecule has 0 saturated carbocycles. The quantitative estimate of drug-likeness (QED) is 0.773. The van der Waals surface area contributed by atoms with Crippen molar-refractivity contribution in [2.24, 2.45) is 4.99 Å². The minimum atomic E-state index is 0.212. The van der Waals surface area contributed by atoms with E-state index in [9.17, 15) is 4.79 Å². The maximum absolute atomic E-state index is 12.0. The third-order valence-corrected chi connectivity index (χ3v) is 3.73. The van der Waals surface area contributed by atoms with Gasteiger partial charge in [-0.25, -0.2) is 0 Å². The maximum atomic E-state index is 12.0. The molecule has 2 aliphatic heterocycles. The van der Waals surface area contributed by atoms with Gasteiger partial charge in [0.1, 0.15) is 0 Å². The summed E-state index contributed by atoms with van der Waals surface area (Å²) >= 11 is 0. The number of hydrogen-bond acceptors (Lipinski definition) is 3. The lowest BCUT2D eigenvalue weighted by Gasteiger charge is -2.31. The molecule has 4 heteroatoms. The van der Waals surface area contributed by atoms with Gasteiger partial charge in [-0.3, -0.25) is 14.7 Å². The first kappa shape index (κ1) is 12.2. The monoisotopic (exact) mass is 257 g/mol. The van der Waals surface area contributed by atoms with Crippen LogP contribution in [0.1, 0.15) is 24.8 Å². The van der Waals surface area contributed by atoms with Gasteiger partial charge in [0.15, 0.2) is 0 Å². The predicted octanol–water partition coefficient (Wildman–Crippen LogP) is 2.18. The molecule has 2 heterocycles. The summed E-state index contributed by atoms with van der Waals surface area (Å²) in [6.45, 7) is 4.52. The van der Waals surface area contributed by atoms with Crippen molar-refractivity contribution in [3.8, 4) is 0 Å². The zero-order valence-electron chi connectivity index (χ0n) is 11.3. The van der Waals surface area contributed by atoms with Gasteiger partial charge < -0.3 is 4.90 Å². The summed E-state index contributed by atoms with van der Waals surface area (Å²) in [4.78, 5) is 20.6. The van der Waals surface area contributed by atoms with Crippen molar-refractivity contribution >= 4 is 17.6 Å². The largest absolute Gasteiger partial charge is 0.310 e. The number of aryl methyl sites for hydroxylation is 1. The number of aliphatic imine (C=N–C) groups is 1. The average molecular weight is 257 g/mol. The molecule has 1 amide bonds. The van der Waals surface area contributed by atoms with Crippen LogP contribution in [0.15, 0.2) is 29.3 Å². The molecule has 1 fully saturated rings. The van der Waals surface area contributed by atoms with Gasteiger partial charge in [0.05, 0.1) is 6.54 Å². The van der Waals surface area contributed by atoms with Gasteiger partial charge in [0, 0.05) is 25.2 Å². The van der Waals surface area contributed by atoms with Crippen molar-refractivity contribution in [3.05, 3.63) is 29.8 Å². The van der Waals surface area contributed by atoms with Gasteiger partial charge in [0.2, 0.25) is 11.9 Å². The minimum Gasteiger partial charge on any atom is -0.310 e. The van der Waals surface area contributed by atoms with Crippen LogP contribution in [0.5, 0.6) is 0 Å². The summed E-state index contributed by atoms with van der Waals surface area (Å²) in [7, 11) is 0. The van der Waals surface area contributed by atoms with Gasteiger partial charge in [-0.15, -0.1) is 0 Å². The molecule has 1 saturated heterocycles. The molecule has 0 aromatic heterocycles. The normalized spacial score (nSPS) is 19.8. The van der Waals surface area contributed by atoms with Gasteiger partial charge in [-0.2, -0.15) is 0 Å².